The Hall–Kier alpha value is -4.55. The number of ether oxygens (including phenoxy) is 1. The number of carboxylic acids is 1. The van der Waals surface area contributed by atoms with Gasteiger partial charge in [0, 0.05) is 49.6 Å². The molecule has 0 saturated carbocycles. The van der Waals surface area contributed by atoms with Crippen molar-refractivity contribution in [2.75, 3.05) is 50.5 Å². The van der Waals surface area contributed by atoms with Crippen molar-refractivity contribution in [2.24, 2.45) is 5.41 Å². The zero-order valence-corrected chi connectivity index (χ0v) is 30.3. The number of fused-ring (bicyclic) bond motifs is 1. The third-order valence-corrected chi connectivity index (χ3v) is 8.09. The Morgan fingerprint density at radius 1 is 1.12 bits per heavy atom. The predicted octanol–water partition coefficient (Wildman–Crippen LogP) is 6.05. The number of carbonyl (C=O) groups excluding carboxylic acids is 2. The Kier molecular flexibility index (Phi) is 11.7. The summed E-state index contributed by atoms with van der Waals surface area (Å²) in [6.45, 7) is 15.6. The third-order valence-electron chi connectivity index (χ3n) is 8.09. The number of nitrogens with zero attached hydrogens (tertiary/aromatic N) is 6. The molecule has 0 bridgehead atoms. The van der Waals surface area contributed by atoms with Crippen LogP contribution in [0.15, 0.2) is 54.8 Å². The van der Waals surface area contributed by atoms with E-state index in [9.17, 15) is 19.5 Å². The van der Waals surface area contributed by atoms with Gasteiger partial charge in [-0.2, -0.15) is 9.61 Å². The van der Waals surface area contributed by atoms with E-state index in [1.165, 1.54) is 6.08 Å². The number of carbonyl (C=O) groups is 3. The molecule has 0 fully saturated rings. The maximum absolute atomic E-state index is 14.0. The summed E-state index contributed by atoms with van der Waals surface area (Å²) in [5.41, 5.74) is 3.09. The van der Waals surface area contributed by atoms with Gasteiger partial charge in [-0.15, -0.1) is 0 Å². The molecule has 4 rings (SSSR count). The number of aromatic nitrogens is 3. The maximum atomic E-state index is 14.0. The summed E-state index contributed by atoms with van der Waals surface area (Å²) in [4.78, 5) is 49.0. The Bertz CT molecular complexity index is 1730. The van der Waals surface area contributed by atoms with E-state index < -0.39 is 23.1 Å². The van der Waals surface area contributed by atoms with E-state index in [0.29, 0.717) is 49.8 Å². The third kappa shape index (κ3) is 9.99. The summed E-state index contributed by atoms with van der Waals surface area (Å²) >= 11 is 0. The molecule has 0 unspecified atom stereocenters. The van der Waals surface area contributed by atoms with Crippen LogP contribution >= 0.6 is 0 Å². The van der Waals surface area contributed by atoms with Gasteiger partial charge in [-0.3, -0.25) is 19.4 Å². The van der Waals surface area contributed by atoms with Crippen molar-refractivity contribution >= 4 is 40.7 Å². The van der Waals surface area contributed by atoms with Crippen LogP contribution in [0.25, 0.3) is 11.2 Å². The van der Waals surface area contributed by atoms with Crippen LogP contribution < -0.4 is 10.2 Å². The SMILES string of the molecule is CC(C)c1cnn2c(N(Cc3cccc(NC(=O)/C=C/CN(C)C)c3)C(=O)OC(C)(C)C)cc(C3=CCN(CC(C)(C)C(=O)O)CC3)nc12. The summed E-state index contributed by atoms with van der Waals surface area (Å²) in [6.07, 6.45) is 7.30. The minimum Gasteiger partial charge on any atom is -0.481 e. The van der Waals surface area contributed by atoms with E-state index in [1.54, 1.807) is 41.6 Å². The molecule has 0 aliphatic carbocycles. The van der Waals surface area contributed by atoms with Gasteiger partial charge in [-0.05, 0) is 84.3 Å². The van der Waals surface area contributed by atoms with E-state index in [1.807, 2.05) is 64.0 Å². The van der Waals surface area contributed by atoms with Crippen LogP contribution in [0.5, 0.6) is 0 Å². The highest BCUT2D eigenvalue weighted by Crippen LogP contribution is 2.32. The van der Waals surface area contributed by atoms with Crippen LogP contribution in [0.3, 0.4) is 0 Å². The number of hydrogen-bond acceptors (Lipinski definition) is 8. The molecule has 3 heterocycles. The summed E-state index contributed by atoms with van der Waals surface area (Å²) < 4.78 is 7.62. The molecule has 12 heteroatoms. The topological polar surface area (TPSA) is 133 Å². The zero-order chi connectivity index (χ0) is 36.1. The van der Waals surface area contributed by atoms with Gasteiger partial charge in [0.2, 0.25) is 5.91 Å². The van der Waals surface area contributed by atoms with Crippen molar-refractivity contribution in [3.8, 4) is 0 Å². The zero-order valence-electron chi connectivity index (χ0n) is 30.3. The first-order valence-electron chi connectivity index (χ1n) is 16.7. The summed E-state index contributed by atoms with van der Waals surface area (Å²) in [5, 5.41) is 17.2. The van der Waals surface area contributed by atoms with E-state index in [0.717, 1.165) is 22.4 Å². The average Bonchev–Trinajstić information content (AvgIpc) is 3.43. The lowest BCUT2D eigenvalue weighted by Gasteiger charge is -2.32. The molecule has 0 spiro atoms. The molecule has 49 heavy (non-hydrogen) atoms. The second-order valence-electron chi connectivity index (χ2n) is 14.8. The minimum atomic E-state index is -0.865. The number of likely N-dealkylation sites (N-methyl/N-ethyl adjacent to an activating group) is 1. The maximum Gasteiger partial charge on any atom is 0.416 e. The average molecular weight is 674 g/mol. The summed E-state index contributed by atoms with van der Waals surface area (Å²) in [5.74, 6) is -0.443. The van der Waals surface area contributed by atoms with Crippen molar-refractivity contribution in [1.82, 2.24) is 24.4 Å². The molecular formula is C37H51N7O5. The number of nitrogens with one attached hydrogen (secondary N) is 1. The van der Waals surface area contributed by atoms with Gasteiger partial charge in [0.05, 0.1) is 23.9 Å². The molecule has 12 nitrogen and oxygen atoms in total. The van der Waals surface area contributed by atoms with Crippen molar-refractivity contribution in [1.29, 1.82) is 0 Å². The summed E-state index contributed by atoms with van der Waals surface area (Å²) in [6, 6.07) is 9.25. The van der Waals surface area contributed by atoms with Crippen molar-refractivity contribution in [3.63, 3.8) is 0 Å². The van der Waals surface area contributed by atoms with E-state index in [-0.39, 0.29) is 18.4 Å². The molecule has 1 aliphatic rings. The van der Waals surface area contributed by atoms with Crippen LogP contribution in [0, 0.1) is 5.41 Å². The molecule has 1 aliphatic heterocycles. The summed E-state index contributed by atoms with van der Waals surface area (Å²) in [7, 11) is 3.86. The van der Waals surface area contributed by atoms with Crippen LogP contribution in [0.2, 0.25) is 0 Å². The largest absolute Gasteiger partial charge is 0.481 e. The molecule has 2 N–H and O–H groups in total. The number of hydrogen-bond donors (Lipinski definition) is 2. The first kappa shape index (κ1) is 37.3. The molecule has 2 amide bonds. The smallest absolute Gasteiger partial charge is 0.416 e. The molecular weight excluding hydrogens is 622 g/mol. The van der Waals surface area contributed by atoms with Crippen LogP contribution in [-0.2, 0) is 20.9 Å². The number of aliphatic carboxylic acids is 1. The molecule has 0 radical (unpaired) electrons. The Morgan fingerprint density at radius 2 is 1.86 bits per heavy atom. The van der Waals surface area contributed by atoms with Gasteiger partial charge in [0.15, 0.2) is 5.65 Å². The molecule has 264 valence electrons. The normalized spacial score (nSPS) is 14.5. The lowest BCUT2D eigenvalue weighted by Crippen LogP contribution is -2.41. The molecule has 0 saturated heterocycles. The Labute approximate surface area is 289 Å². The van der Waals surface area contributed by atoms with Crippen LogP contribution in [0.4, 0.5) is 16.3 Å². The highest BCUT2D eigenvalue weighted by atomic mass is 16.6. The first-order chi connectivity index (χ1) is 22.9. The highest BCUT2D eigenvalue weighted by molar-refractivity contribution is 5.99. The molecule has 2 aromatic heterocycles. The highest BCUT2D eigenvalue weighted by Gasteiger charge is 2.31. The monoisotopic (exact) mass is 673 g/mol. The van der Waals surface area contributed by atoms with Gasteiger partial charge in [0.25, 0.3) is 0 Å². The number of rotatable bonds is 12. The van der Waals surface area contributed by atoms with Gasteiger partial charge in [0.1, 0.15) is 11.4 Å². The fourth-order valence-corrected chi connectivity index (χ4v) is 5.48. The standard InChI is InChI=1S/C37H51N7O5/c1-25(2)29-22-38-44-32(21-30(40-33(29)44)27-15-18-42(19-16-27)24-37(6,7)34(46)47)43(35(48)49-36(3,4)5)23-26-12-10-13-28(20-26)39-31(45)14-11-17-41(8)9/h10-15,20-22,25H,16-19,23-24H2,1-9H3,(H,39,45)(H,46,47)/b14-11+. The lowest BCUT2D eigenvalue weighted by molar-refractivity contribution is -0.147. The van der Waals surface area contributed by atoms with Gasteiger partial charge >= 0.3 is 12.1 Å². The molecule has 3 aromatic rings. The van der Waals surface area contributed by atoms with E-state index >= 15 is 0 Å². The second-order valence-corrected chi connectivity index (χ2v) is 14.8. The fraction of sp³-hybridized carbons (Fsp3) is 0.486. The Morgan fingerprint density at radius 3 is 2.47 bits per heavy atom. The van der Waals surface area contributed by atoms with Crippen molar-refractivity contribution in [3.05, 3.63) is 71.6 Å². The number of amides is 2. The number of benzene rings is 1. The van der Waals surface area contributed by atoms with Crippen molar-refractivity contribution < 1.29 is 24.2 Å². The van der Waals surface area contributed by atoms with Crippen LogP contribution in [0.1, 0.15) is 77.6 Å². The molecule has 0 atom stereocenters. The molecule has 1 aromatic carbocycles. The number of carboxylic acid groups (broad SMARTS) is 1. The van der Waals surface area contributed by atoms with Crippen molar-refractivity contribution in [2.45, 2.75) is 73.0 Å². The van der Waals surface area contributed by atoms with Gasteiger partial charge in [-0.25, -0.2) is 9.78 Å². The van der Waals surface area contributed by atoms with E-state index in [4.69, 9.17) is 9.72 Å². The minimum absolute atomic E-state index is 0.129. The number of anilines is 2. The second kappa shape index (κ2) is 15.3. The Balaban J connectivity index is 1.74. The first-order valence-corrected chi connectivity index (χ1v) is 16.7. The predicted molar refractivity (Wildman–Crippen MR) is 193 cm³/mol. The van der Waals surface area contributed by atoms with Gasteiger partial charge in [-0.1, -0.05) is 38.1 Å². The van der Waals surface area contributed by atoms with E-state index in [2.05, 4.69) is 35.2 Å². The fourth-order valence-electron chi connectivity index (χ4n) is 5.48. The van der Waals surface area contributed by atoms with Gasteiger partial charge < -0.3 is 20.1 Å². The van der Waals surface area contributed by atoms with Crippen LogP contribution in [-0.4, -0.2) is 93.3 Å². The lowest BCUT2D eigenvalue weighted by atomic mass is 9.92. The quantitative estimate of drug-likeness (QED) is 0.221.